The van der Waals surface area contributed by atoms with Gasteiger partial charge in [-0.15, -0.1) is 0 Å². The number of nitrogens with one attached hydrogen (secondary N) is 2. The molecule has 1 fully saturated rings. The summed E-state index contributed by atoms with van der Waals surface area (Å²) >= 11 is 0. The van der Waals surface area contributed by atoms with Crippen LogP contribution in [0, 0.1) is 24.1 Å². The Morgan fingerprint density at radius 1 is 1.38 bits per heavy atom. The largest absolute Gasteiger partial charge is 0.386 e. The molecule has 9 nitrogen and oxygen atoms in total. The first-order valence-corrected chi connectivity index (χ1v) is 12.8. The van der Waals surface area contributed by atoms with Crippen LogP contribution < -0.4 is 15.8 Å². The average molecular weight is 486 g/mol. The molecule has 11 heteroatoms. The fourth-order valence-electron chi connectivity index (χ4n) is 4.81. The van der Waals surface area contributed by atoms with Gasteiger partial charge >= 0.3 is 0 Å². The topological polar surface area (TPSA) is 146 Å². The van der Waals surface area contributed by atoms with E-state index in [-0.39, 0.29) is 23.0 Å². The molecule has 1 unspecified atom stereocenters. The lowest BCUT2D eigenvalue weighted by Crippen LogP contribution is -2.69. The first-order valence-electron chi connectivity index (χ1n) is 11.0. The Balaban J connectivity index is 1.75. The number of pyridine rings is 2. The zero-order chi connectivity index (χ0) is 24.9. The zero-order valence-corrected chi connectivity index (χ0v) is 20.4. The quantitative estimate of drug-likeness (QED) is 0.490. The molecule has 1 saturated heterocycles. The van der Waals surface area contributed by atoms with Gasteiger partial charge in [-0.3, -0.25) is 18.7 Å². The average Bonchev–Trinajstić information content (AvgIpc) is 2.79. The Labute approximate surface area is 198 Å². The number of hydrogen-bond donors (Lipinski definition) is 4. The molecular weight excluding hydrogens is 457 g/mol. The number of amidine groups is 1. The van der Waals surface area contributed by atoms with E-state index in [2.05, 4.69) is 25.0 Å². The van der Waals surface area contributed by atoms with Gasteiger partial charge in [0.15, 0.2) is 0 Å². The van der Waals surface area contributed by atoms with E-state index >= 15 is 4.39 Å². The minimum atomic E-state index is -3.12. The third-order valence-corrected chi connectivity index (χ3v) is 11.1. The molecule has 2 aliphatic rings. The van der Waals surface area contributed by atoms with Gasteiger partial charge in [-0.05, 0) is 74.4 Å². The van der Waals surface area contributed by atoms with Gasteiger partial charge in [-0.25, -0.2) is 14.4 Å². The van der Waals surface area contributed by atoms with Crippen molar-refractivity contribution in [2.75, 3.05) is 11.9 Å². The van der Waals surface area contributed by atoms with Crippen LogP contribution >= 0.6 is 0 Å². The molecule has 0 radical (unpaired) electrons. The third-order valence-electron chi connectivity index (χ3n) is 6.89. The molecule has 0 spiro atoms. The third kappa shape index (κ3) is 3.58. The second-order valence-electron chi connectivity index (χ2n) is 9.41. The van der Waals surface area contributed by atoms with E-state index in [9.17, 15) is 9.00 Å². The number of aryl methyl sites for hydroxylation is 1. The number of amides is 1. The lowest BCUT2D eigenvalue weighted by atomic mass is 9.89. The number of hydrogen-bond acceptors (Lipinski definition) is 7. The second kappa shape index (κ2) is 8.21. The van der Waals surface area contributed by atoms with Gasteiger partial charge in [0.1, 0.15) is 40.5 Å². The van der Waals surface area contributed by atoms with Crippen LogP contribution in [0.3, 0.4) is 0 Å². The standard InChI is InChI=1S/C23H28FN7O2S/c1-13-10-14(11-25)12-27-18(13)20(32)30-17-8-7-15(24)19(29-17)23(4)16-6-5-9-28-34(16,33)22(2,3)21(26)31-23/h7-8,10,12,16,34H,5-6,9H2,1-4H3,(H2,26,31)(H,28,33)(H,29,30,32)/t16-,23?/m1/s1. The van der Waals surface area contributed by atoms with Crippen LogP contribution in [0.2, 0.25) is 0 Å². The maximum absolute atomic E-state index is 15.2. The van der Waals surface area contributed by atoms with E-state index in [4.69, 9.17) is 11.0 Å². The van der Waals surface area contributed by atoms with Crippen molar-refractivity contribution in [3.8, 4) is 6.07 Å². The Bertz CT molecular complexity index is 1300. The number of aliphatic imine (C=N–C) groups is 1. The van der Waals surface area contributed by atoms with Crippen LogP contribution in [0.25, 0.3) is 0 Å². The van der Waals surface area contributed by atoms with E-state index < -0.39 is 37.4 Å². The van der Waals surface area contributed by atoms with Crippen molar-refractivity contribution in [2.24, 2.45) is 10.7 Å². The molecule has 2 aliphatic heterocycles. The predicted octanol–water partition coefficient (Wildman–Crippen LogP) is 2.10. The molecule has 34 heavy (non-hydrogen) atoms. The summed E-state index contributed by atoms with van der Waals surface area (Å²) in [6, 6.07) is 6.08. The number of aromatic nitrogens is 2. The SMILES string of the molecule is Cc1cc(C#N)cnc1C(=O)Nc1ccc(F)c(C2(C)N=C(N)C(C)(C)[SH]3(=O)NCCC[C@H]23)n1. The number of fused-ring (bicyclic) bond motifs is 1. The van der Waals surface area contributed by atoms with Crippen molar-refractivity contribution in [3.63, 3.8) is 0 Å². The Hall–Kier alpha value is -3.23. The van der Waals surface area contributed by atoms with Gasteiger partial charge in [0.25, 0.3) is 5.91 Å². The normalized spacial score (nSPS) is 25.9. The molecule has 0 aliphatic carbocycles. The fraction of sp³-hybridized carbons (Fsp3) is 0.435. The van der Waals surface area contributed by atoms with Crippen LogP contribution in [0.15, 0.2) is 29.4 Å². The number of carbonyl (C=O) groups is 1. The van der Waals surface area contributed by atoms with Crippen molar-refractivity contribution in [2.45, 2.75) is 56.1 Å². The van der Waals surface area contributed by atoms with Gasteiger partial charge in [0.2, 0.25) is 0 Å². The highest BCUT2D eigenvalue weighted by Gasteiger charge is 2.57. The second-order valence-corrected chi connectivity index (χ2v) is 12.8. The summed E-state index contributed by atoms with van der Waals surface area (Å²) in [5.41, 5.74) is 5.97. The molecule has 4 heterocycles. The monoisotopic (exact) mass is 485 g/mol. The molecule has 1 amide bonds. The number of carbonyl (C=O) groups excluding carboxylic acids is 1. The first kappa shape index (κ1) is 23.9. The van der Waals surface area contributed by atoms with Crippen LogP contribution in [-0.2, 0) is 15.7 Å². The molecular formula is C23H28FN7O2S. The number of nitrogens with zero attached hydrogens (tertiary/aromatic N) is 4. The lowest BCUT2D eigenvalue weighted by Gasteiger charge is -2.55. The summed E-state index contributed by atoms with van der Waals surface area (Å²) < 4.78 is 31.7. The van der Waals surface area contributed by atoms with Crippen molar-refractivity contribution < 1.29 is 13.4 Å². The van der Waals surface area contributed by atoms with Crippen molar-refractivity contribution in [1.82, 2.24) is 14.7 Å². The maximum Gasteiger partial charge on any atom is 0.275 e. The minimum absolute atomic E-state index is 0.0258. The highest BCUT2D eigenvalue weighted by Crippen LogP contribution is 2.48. The number of nitrogens with two attached hydrogens (primary N) is 1. The van der Waals surface area contributed by atoms with Crippen LogP contribution in [-0.4, -0.2) is 42.5 Å². The Morgan fingerprint density at radius 3 is 2.79 bits per heavy atom. The smallest absolute Gasteiger partial charge is 0.275 e. The van der Waals surface area contributed by atoms with E-state index in [1.54, 1.807) is 33.8 Å². The summed E-state index contributed by atoms with van der Waals surface area (Å²) in [5.74, 6) is -0.890. The number of nitriles is 1. The van der Waals surface area contributed by atoms with Gasteiger partial charge in [0.05, 0.1) is 15.6 Å². The van der Waals surface area contributed by atoms with Gasteiger partial charge < -0.3 is 11.1 Å². The Morgan fingerprint density at radius 2 is 2.12 bits per heavy atom. The Kier molecular flexibility index (Phi) is 5.78. The van der Waals surface area contributed by atoms with Crippen LogP contribution in [0.4, 0.5) is 10.2 Å². The van der Waals surface area contributed by atoms with Crippen LogP contribution in [0.5, 0.6) is 0 Å². The van der Waals surface area contributed by atoms with Crippen molar-refractivity contribution >= 4 is 27.7 Å². The van der Waals surface area contributed by atoms with Gasteiger partial charge in [-0.1, -0.05) is 0 Å². The lowest BCUT2D eigenvalue weighted by molar-refractivity contribution is 0.102. The summed E-state index contributed by atoms with van der Waals surface area (Å²) in [5, 5.41) is 11.1. The highest BCUT2D eigenvalue weighted by molar-refractivity contribution is 8.04. The summed E-state index contributed by atoms with van der Waals surface area (Å²) in [6.07, 6.45) is 2.64. The molecule has 4 N–H and O–H groups in total. The molecule has 0 aromatic carbocycles. The molecule has 0 bridgehead atoms. The summed E-state index contributed by atoms with van der Waals surface area (Å²) in [4.78, 5) is 25.9. The highest BCUT2D eigenvalue weighted by atomic mass is 32.3. The molecule has 180 valence electrons. The van der Waals surface area contributed by atoms with Gasteiger partial charge in [0, 0.05) is 12.7 Å². The van der Waals surface area contributed by atoms with E-state index in [0.717, 1.165) is 6.42 Å². The van der Waals surface area contributed by atoms with Gasteiger partial charge in [-0.2, -0.15) is 5.26 Å². The van der Waals surface area contributed by atoms with Crippen molar-refractivity contribution in [1.29, 1.82) is 5.26 Å². The van der Waals surface area contributed by atoms with E-state index in [1.165, 1.54) is 18.3 Å². The number of rotatable bonds is 3. The predicted molar refractivity (Wildman–Crippen MR) is 129 cm³/mol. The maximum atomic E-state index is 15.2. The molecule has 2 atom stereocenters. The molecule has 0 saturated carbocycles. The van der Waals surface area contributed by atoms with E-state index in [0.29, 0.717) is 24.1 Å². The number of thiol groups is 1. The van der Waals surface area contributed by atoms with Crippen LogP contribution in [0.1, 0.15) is 60.9 Å². The number of anilines is 1. The summed E-state index contributed by atoms with van der Waals surface area (Å²) in [6.45, 7) is 7.55. The number of halogens is 1. The summed E-state index contributed by atoms with van der Waals surface area (Å²) in [7, 11) is -3.12. The molecule has 2 aromatic rings. The zero-order valence-electron chi connectivity index (χ0n) is 19.5. The van der Waals surface area contributed by atoms with E-state index in [1.807, 2.05) is 6.07 Å². The molecule has 4 rings (SSSR count). The fourth-order valence-corrected chi connectivity index (χ4v) is 8.52. The first-order chi connectivity index (χ1) is 15.9. The minimum Gasteiger partial charge on any atom is -0.386 e. The molecule has 2 aromatic heterocycles. The van der Waals surface area contributed by atoms with Crippen molar-refractivity contribution in [3.05, 3.63) is 52.7 Å².